The Morgan fingerprint density at radius 1 is 1.17 bits per heavy atom. The van der Waals surface area contributed by atoms with Gasteiger partial charge in [0.15, 0.2) is 5.11 Å². The van der Waals surface area contributed by atoms with Crippen LogP contribution in [0, 0.1) is 0 Å². The topological polar surface area (TPSA) is 24.1 Å². The maximum Gasteiger partial charge on any atom is 0.170 e. The molecule has 1 rings (SSSR count). The molecule has 100 valence electrons. The van der Waals surface area contributed by atoms with Gasteiger partial charge in [-0.3, -0.25) is 0 Å². The number of benzene rings is 1. The van der Waals surface area contributed by atoms with E-state index in [9.17, 15) is 0 Å². The highest BCUT2D eigenvalue weighted by Gasteiger charge is 2.04. The normalized spacial score (nSPS) is 12.3. The van der Waals surface area contributed by atoms with Crippen LogP contribution in [-0.2, 0) is 0 Å². The third-order valence-electron chi connectivity index (χ3n) is 2.93. The van der Waals surface area contributed by atoms with Gasteiger partial charge in [-0.1, -0.05) is 39.3 Å². The Balaban J connectivity index is 2.49. The SMILES string of the molecule is CCC[C@H](C)NC(=S)Nc1ccc(C(C)C)cc1. The van der Waals surface area contributed by atoms with Crippen molar-refractivity contribution in [3.63, 3.8) is 0 Å². The highest BCUT2D eigenvalue weighted by atomic mass is 32.1. The lowest BCUT2D eigenvalue weighted by Crippen LogP contribution is -2.35. The minimum Gasteiger partial charge on any atom is -0.360 e. The van der Waals surface area contributed by atoms with Crippen LogP contribution < -0.4 is 10.6 Å². The summed E-state index contributed by atoms with van der Waals surface area (Å²) >= 11 is 5.29. The summed E-state index contributed by atoms with van der Waals surface area (Å²) in [7, 11) is 0. The van der Waals surface area contributed by atoms with E-state index < -0.39 is 0 Å². The lowest BCUT2D eigenvalue weighted by Gasteiger charge is -2.16. The summed E-state index contributed by atoms with van der Waals surface area (Å²) in [6, 6.07) is 8.86. The minimum atomic E-state index is 0.421. The Hall–Kier alpha value is -1.09. The van der Waals surface area contributed by atoms with Crippen LogP contribution in [0.5, 0.6) is 0 Å². The van der Waals surface area contributed by atoms with Crippen molar-refractivity contribution in [1.29, 1.82) is 0 Å². The van der Waals surface area contributed by atoms with Gasteiger partial charge in [-0.15, -0.1) is 0 Å². The van der Waals surface area contributed by atoms with Gasteiger partial charge in [0.1, 0.15) is 0 Å². The molecule has 18 heavy (non-hydrogen) atoms. The van der Waals surface area contributed by atoms with Gasteiger partial charge in [0.05, 0.1) is 0 Å². The molecule has 1 aromatic rings. The van der Waals surface area contributed by atoms with Crippen molar-refractivity contribution < 1.29 is 0 Å². The standard InChI is InChI=1S/C15H24N2S/c1-5-6-12(4)16-15(18)17-14-9-7-13(8-10-14)11(2)3/h7-12H,5-6H2,1-4H3,(H2,16,17,18)/t12-/m0/s1. The Bertz CT molecular complexity index is 371. The zero-order valence-electron chi connectivity index (χ0n) is 11.8. The maximum atomic E-state index is 5.29. The maximum absolute atomic E-state index is 5.29. The molecule has 0 spiro atoms. The third-order valence-corrected chi connectivity index (χ3v) is 3.15. The summed E-state index contributed by atoms with van der Waals surface area (Å²) in [4.78, 5) is 0. The molecule has 1 atom stereocenters. The molecule has 0 aliphatic carbocycles. The van der Waals surface area contributed by atoms with Crippen LogP contribution in [0.25, 0.3) is 0 Å². The highest BCUT2D eigenvalue weighted by molar-refractivity contribution is 7.80. The third kappa shape index (κ3) is 5.05. The molecule has 0 bridgehead atoms. The monoisotopic (exact) mass is 264 g/mol. The van der Waals surface area contributed by atoms with Gasteiger partial charge in [0.2, 0.25) is 0 Å². The van der Waals surface area contributed by atoms with E-state index in [1.54, 1.807) is 0 Å². The van der Waals surface area contributed by atoms with Gasteiger partial charge in [-0.2, -0.15) is 0 Å². The molecule has 0 heterocycles. The number of nitrogens with one attached hydrogen (secondary N) is 2. The largest absolute Gasteiger partial charge is 0.360 e. The number of anilines is 1. The van der Waals surface area contributed by atoms with Gasteiger partial charge in [0, 0.05) is 11.7 Å². The van der Waals surface area contributed by atoms with E-state index in [4.69, 9.17) is 12.2 Å². The first kappa shape index (κ1) is 15.0. The average Bonchev–Trinajstić information content (AvgIpc) is 2.29. The van der Waals surface area contributed by atoms with E-state index in [-0.39, 0.29) is 0 Å². The number of thiocarbonyl (C=S) groups is 1. The lowest BCUT2D eigenvalue weighted by atomic mass is 10.0. The molecule has 2 nitrogen and oxygen atoms in total. The highest BCUT2D eigenvalue weighted by Crippen LogP contribution is 2.17. The molecule has 0 fully saturated rings. The van der Waals surface area contributed by atoms with Crippen LogP contribution in [0.4, 0.5) is 5.69 Å². The average molecular weight is 264 g/mol. The van der Waals surface area contributed by atoms with Crippen LogP contribution in [-0.4, -0.2) is 11.2 Å². The Kier molecular flexibility index (Phi) is 6.13. The fourth-order valence-corrected chi connectivity index (χ4v) is 2.17. The molecule has 2 N–H and O–H groups in total. The van der Waals surface area contributed by atoms with Crippen molar-refractivity contribution >= 4 is 23.0 Å². The first-order valence-corrected chi connectivity index (χ1v) is 7.11. The molecular formula is C15H24N2S. The summed E-state index contributed by atoms with van der Waals surface area (Å²) in [6.45, 7) is 8.72. The van der Waals surface area contributed by atoms with Crippen molar-refractivity contribution in [1.82, 2.24) is 5.32 Å². The minimum absolute atomic E-state index is 0.421. The van der Waals surface area contributed by atoms with E-state index in [1.807, 2.05) is 0 Å². The second-order valence-electron chi connectivity index (χ2n) is 5.06. The number of rotatable bonds is 5. The molecule has 1 aromatic carbocycles. The first-order valence-electron chi connectivity index (χ1n) is 6.70. The van der Waals surface area contributed by atoms with Crippen LogP contribution in [0.1, 0.15) is 52.0 Å². The van der Waals surface area contributed by atoms with Gasteiger partial charge >= 0.3 is 0 Å². The van der Waals surface area contributed by atoms with Crippen LogP contribution >= 0.6 is 12.2 Å². The zero-order valence-corrected chi connectivity index (χ0v) is 12.6. The molecule has 0 aliphatic rings. The fourth-order valence-electron chi connectivity index (χ4n) is 1.85. The second kappa shape index (κ2) is 7.37. The van der Waals surface area contributed by atoms with Gasteiger partial charge in [0.25, 0.3) is 0 Å². The summed E-state index contributed by atoms with van der Waals surface area (Å²) in [6.07, 6.45) is 2.30. The van der Waals surface area contributed by atoms with Gasteiger partial charge in [-0.25, -0.2) is 0 Å². The molecule has 0 saturated carbocycles. The molecule has 0 amide bonds. The smallest absolute Gasteiger partial charge is 0.170 e. The summed E-state index contributed by atoms with van der Waals surface area (Å²) < 4.78 is 0. The second-order valence-corrected chi connectivity index (χ2v) is 5.47. The predicted molar refractivity (Wildman–Crippen MR) is 84.3 cm³/mol. The number of hydrogen-bond donors (Lipinski definition) is 2. The molecule has 0 aromatic heterocycles. The predicted octanol–water partition coefficient (Wildman–Crippen LogP) is 4.29. The van der Waals surface area contributed by atoms with Crippen molar-refractivity contribution in [2.75, 3.05) is 5.32 Å². The quantitative estimate of drug-likeness (QED) is 0.776. The van der Waals surface area contributed by atoms with Crippen LogP contribution in [0.15, 0.2) is 24.3 Å². The van der Waals surface area contributed by atoms with Crippen molar-refractivity contribution in [2.24, 2.45) is 0 Å². The summed E-state index contributed by atoms with van der Waals surface area (Å²) in [5.41, 5.74) is 2.39. The first-order chi connectivity index (χ1) is 8.52. The zero-order chi connectivity index (χ0) is 13.5. The summed E-state index contributed by atoms with van der Waals surface area (Å²) in [5.74, 6) is 0.564. The van der Waals surface area contributed by atoms with Crippen molar-refractivity contribution in [3.05, 3.63) is 29.8 Å². The van der Waals surface area contributed by atoms with Gasteiger partial charge < -0.3 is 10.6 Å². The molecule has 3 heteroatoms. The molecule has 0 unspecified atom stereocenters. The van der Waals surface area contributed by atoms with E-state index >= 15 is 0 Å². The molecule has 0 saturated heterocycles. The lowest BCUT2D eigenvalue weighted by molar-refractivity contribution is 0.599. The van der Waals surface area contributed by atoms with Crippen LogP contribution in [0.3, 0.4) is 0 Å². The molecule has 0 aliphatic heterocycles. The van der Waals surface area contributed by atoms with Gasteiger partial charge in [-0.05, 0) is 49.2 Å². The Labute approximate surface area is 116 Å². The van der Waals surface area contributed by atoms with E-state index in [2.05, 4.69) is 62.6 Å². The molecular weight excluding hydrogens is 240 g/mol. The van der Waals surface area contributed by atoms with E-state index in [0.29, 0.717) is 17.1 Å². The molecule has 0 radical (unpaired) electrons. The summed E-state index contributed by atoms with van der Waals surface area (Å²) in [5, 5.41) is 7.21. The van der Waals surface area contributed by atoms with Crippen molar-refractivity contribution in [3.8, 4) is 0 Å². The fraction of sp³-hybridized carbons (Fsp3) is 0.533. The van der Waals surface area contributed by atoms with E-state index in [1.165, 1.54) is 12.0 Å². The number of hydrogen-bond acceptors (Lipinski definition) is 1. The van der Waals surface area contributed by atoms with E-state index in [0.717, 1.165) is 12.1 Å². The Morgan fingerprint density at radius 2 is 1.78 bits per heavy atom. The Morgan fingerprint density at radius 3 is 2.28 bits per heavy atom. The van der Waals surface area contributed by atoms with Crippen molar-refractivity contribution in [2.45, 2.75) is 52.5 Å². The van der Waals surface area contributed by atoms with Crippen LogP contribution in [0.2, 0.25) is 0 Å².